The molecular weight excluding hydrogens is 272 g/mol. The molecule has 100 valence electrons. The largest absolute Gasteiger partial charge is 0.326 e. The topological polar surface area (TPSA) is 70.0 Å². The number of hydrogen-bond acceptors (Lipinski definition) is 3. The molecule has 5 heteroatoms. The van der Waals surface area contributed by atoms with E-state index in [4.69, 9.17) is 5.26 Å². The van der Waals surface area contributed by atoms with Gasteiger partial charge in [0.1, 0.15) is 0 Å². The van der Waals surface area contributed by atoms with Gasteiger partial charge in [0.2, 0.25) is 5.91 Å². The molecule has 0 aliphatic rings. The van der Waals surface area contributed by atoms with Crippen molar-refractivity contribution in [2.75, 3.05) is 5.32 Å². The number of carbonyl (C=O) groups excluding carboxylic acids is 1. The summed E-state index contributed by atoms with van der Waals surface area (Å²) >= 11 is 0. The van der Waals surface area contributed by atoms with Crippen LogP contribution in [0.3, 0.4) is 0 Å². The zero-order valence-electron chi connectivity index (χ0n) is 10.8. The quantitative estimate of drug-likeness (QED) is 0.942. The summed E-state index contributed by atoms with van der Waals surface area (Å²) in [6.45, 7) is 1.42. The van der Waals surface area contributed by atoms with Crippen LogP contribution in [-0.4, -0.2) is 10.1 Å². The fourth-order valence-electron chi connectivity index (χ4n) is 1.71. The zero-order chi connectivity index (χ0) is 14.5. The normalized spacial score (nSPS) is 11.4. The van der Waals surface area contributed by atoms with Crippen molar-refractivity contribution in [2.45, 2.75) is 16.7 Å². The summed E-state index contributed by atoms with van der Waals surface area (Å²) in [6.07, 6.45) is 0. The van der Waals surface area contributed by atoms with Gasteiger partial charge in [-0.25, -0.2) is 4.21 Å². The molecule has 0 radical (unpaired) electrons. The van der Waals surface area contributed by atoms with E-state index in [1.807, 2.05) is 6.07 Å². The van der Waals surface area contributed by atoms with Crippen molar-refractivity contribution >= 4 is 22.4 Å². The van der Waals surface area contributed by atoms with E-state index < -0.39 is 10.8 Å². The van der Waals surface area contributed by atoms with Crippen LogP contribution in [0.1, 0.15) is 12.5 Å². The first-order chi connectivity index (χ1) is 9.60. The molecule has 0 aromatic heterocycles. The molecule has 2 aromatic carbocycles. The van der Waals surface area contributed by atoms with Crippen molar-refractivity contribution in [2.24, 2.45) is 0 Å². The number of rotatable bonds is 3. The molecule has 1 N–H and O–H groups in total. The minimum atomic E-state index is -1.39. The van der Waals surface area contributed by atoms with Gasteiger partial charge in [0.15, 0.2) is 0 Å². The molecule has 0 aliphatic carbocycles. The van der Waals surface area contributed by atoms with E-state index in [1.165, 1.54) is 6.92 Å². The maximum Gasteiger partial charge on any atom is 0.221 e. The molecule has 0 saturated carbocycles. The minimum Gasteiger partial charge on any atom is -0.326 e. The van der Waals surface area contributed by atoms with Crippen LogP contribution in [-0.2, 0) is 15.6 Å². The lowest BCUT2D eigenvalue weighted by Crippen LogP contribution is -2.06. The Bertz CT molecular complexity index is 720. The lowest BCUT2D eigenvalue weighted by atomic mass is 10.2. The molecule has 4 nitrogen and oxygen atoms in total. The van der Waals surface area contributed by atoms with Gasteiger partial charge in [0.25, 0.3) is 0 Å². The van der Waals surface area contributed by atoms with Crippen molar-refractivity contribution < 1.29 is 9.00 Å². The van der Waals surface area contributed by atoms with Crippen LogP contribution in [0.25, 0.3) is 0 Å². The molecule has 1 atom stereocenters. The molecule has 2 aromatic rings. The summed E-state index contributed by atoms with van der Waals surface area (Å²) in [4.78, 5) is 12.2. The zero-order valence-corrected chi connectivity index (χ0v) is 11.6. The number of nitriles is 1. The van der Waals surface area contributed by atoms with Gasteiger partial charge in [-0.2, -0.15) is 5.26 Å². The van der Waals surface area contributed by atoms with Gasteiger partial charge in [-0.3, -0.25) is 4.79 Å². The van der Waals surface area contributed by atoms with Gasteiger partial charge in [-0.05, 0) is 36.4 Å². The summed E-state index contributed by atoms with van der Waals surface area (Å²) in [7, 11) is -1.39. The van der Waals surface area contributed by atoms with Gasteiger partial charge >= 0.3 is 0 Å². The van der Waals surface area contributed by atoms with E-state index in [9.17, 15) is 9.00 Å². The van der Waals surface area contributed by atoms with Crippen LogP contribution in [0.15, 0.2) is 58.3 Å². The lowest BCUT2D eigenvalue weighted by Gasteiger charge is -2.06. The third-order valence-electron chi connectivity index (χ3n) is 2.55. The first kappa shape index (κ1) is 14.0. The average molecular weight is 284 g/mol. The molecule has 0 fully saturated rings. The molecule has 0 aliphatic heterocycles. The summed E-state index contributed by atoms with van der Waals surface area (Å²) in [5.41, 5.74) is 1.06. The highest BCUT2D eigenvalue weighted by Gasteiger charge is 2.09. The van der Waals surface area contributed by atoms with Gasteiger partial charge < -0.3 is 5.32 Å². The summed E-state index contributed by atoms with van der Waals surface area (Å²) in [5.74, 6) is -0.181. The van der Waals surface area contributed by atoms with E-state index in [2.05, 4.69) is 5.32 Å². The van der Waals surface area contributed by atoms with Crippen LogP contribution in [0.5, 0.6) is 0 Å². The summed E-state index contributed by atoms with van der Waals surface area (Å²) in [5, 5.41) is 11.5. The van der Waals surface area contributed by atoms with E-state index in [-0.39, 0.29) is 5.91 Å². The molecule has 2 rings (SSSR count). The van der Waals surface area contributed by atoms with Gasteiger partial charge in [0.05, 0.1) is 22.4 Å². The number of nitrogens with zero attached hydrogens (tertiary/aromatic N) is 1. The summed E-state index contributed by atoms with van der Waals surface area (Å²) in [6, 6.07) is 15.5. The molecule has 1 amide bonds. The predicted octanol–water partition coefficient (Wildman–Crippen LogP) is 2.68. The Kier molecular flexibility index (Phi) is 4.28. The molecule has 0 spiro atoms. The molecule has 0 heterocycles. The minimum absolute atomic E-state index is 0.181. The Morgan fingerprint density at radius 2 is 1.80 bits per heavy atom. The van der Waals surface area contributed by atoms with E-state index in [0.717, 1.165) is 0 Å². The maximum absolute atomic E-state index is 12.4. The third kappa shape index (κ3) is 3.31. The molecule has 0 bridgehead atoms. The Morgan fingerprint density at radius 1 is 1.15 bits per heavy atom. The van der Waals surface area contributed by atoms with Crippen LogP contribution in [0.4, 0.5) is 5.69 Å². The first-order valence-electron chi connectivity index (χ1n) is 5.90. The Morgan fingerprint density at radius 3 is 2.45 bits per heavy atom. The lowest BCUT2D eigenvalue weighted by molar-refractivity contribution is -0.114. The second-order valence-corrected chi connectivity index (χ2v) is 5.60. The molecule has 0 saturated heterocycles. The molecule has 1 unspecified atom stereocenters. The van der Waals surface area contributed by atoms with Crippen LogP contribution < -0.4 is 5.32 Å². The molecular formula is C15H12N2O2S. The van der Waals surface area contributed by atoms with Gasteiger partial charge in [-0.1, -0.05) is 12.1 Å². The molecule has 20 heavy (non-hydrogen) atoms. The number of carbonyl (C=O) groups is 1. The fraction of sp³-hybridized carbons (Fsp3) is 0.0667. The fourth-order valence-corrected chi connectivity index (χ4v) is 2.85. The monoisotopic (exact) mass is 284 g/mol. The van der Waals surface area contributed by atoms with Crippen LogP contribution in [0.2, 0.25) is 0 Å². The highest BCUT2D eigenvalue weighted by molar-refractivity contribution is 7.85. The standard InChI is InChI=1S/C15H12N2O2S/c1-11(18)17-13-5-3-7-15(9-13)20(19)14-6-2-4-12(8-14)10-16/h2-9H,1H3,(H,17,18). The van der Waals surface area contributed by atoms with E-state index >= 15 is 0 Å². The van der Waals surface area contributed by atoms with Crippen molar-refractivity contribution in [3.63, 3.8) is 0 Å². The maximum atomic E-state index is 12.4. The Labute approximate surface area is 119 Å². The average Bonchev–Trinajstić information content (AvgIpc) is 2.46. The van der Waals surface area contributed by atoms with Crippen LogP contribution >= 0.6 is 0 Å². The SMILES string of the molecule is CC(=O)Nc1cccc(S(=O)c2cccc(C#N)c2)c1. The number of anilines is 1. The number of amides is 1. The predicted molar refractivity (Wildman–Crippen MR) is 76.6 cm³/mol. The van der Waals surface area contributed by atoms with Crippen molar-refractivity contribution in [1.82, 2.24) is 0 Å². The number of benzene rings is 2. The summed E-state index contributed by atoms with van der Waals surface area (Å²) < 4.78 is 12.4. The Hall–Kier alpha value is -2.45. The van der Waals surface area contributed by atoms with Crippen LogP contribution in [0, 0.1) is 11.3 Å². The first-order valence-corrected chi connectivity index (χ1v) is 7.05. The highest BCUT2D eigenvalue weighted by Crippen LogP contribution is 2.20. The second kappa shape index (κ2) is 6.13. The second-order valence-electron chi connectivity index (χ2n) is 4.12. The van der Waals surface area contributed by atoms with Gasteiger partial charge in [0, 0.05) is 22.4 Å². The third-order valence-corrected chi connectivity index (χ3v) is 3.91. The Balaban J connectivity index is 2.33. The number of hydrogen-bond donors (Lipinski definition) is 1. The van der Waals surface area contributed by atoms with Crippen molar-refractivity contribution in [3.05, 3.63) is 54.1 Å². The van der Waals surface area contributed by atoms with Gasteiger partial charge in [-0.15, -0.1) is 0 Å². The smallest absolute Gasteiger partial charge is 0.221 e. The number of nitrogens with one attached hydrogen (secondary N) is 1. The van der Waals surface area contributed by atoms with E-state index in [0.29, 0.717) is 21.0 Å². The van der Waals surface area contributed by atoms with Crippen molar-refractivity contribution in [1.29, 1.82) is 5.26 Å². The van der Waals surface area contributed by atoms with Crippen molar-refractivity contribution in [3.8, 4) is 6.07 Å². The van der Waals surface area contributed by atoms with E-state index in [1.54, 1.807) is 48.5 Å². The highest BCUT2D eigenvalue weighted by atomic mass is 32.2.